The van der Waals surface area contributed by atoms with E-state index in [-0.39, 0.29) is 10.9 Å². The third kappa shape index (κ3) is 3.08. The Kier molecular flexibility index (Phi) is 4.13. The van der Waals surface area contributed by atoms with E-state index < -0.39 is 10.0 Å². The van der Waals surface area contributed by atoms with Gasteiger partial charge in [0.25, 0.3) is 0 Å². The zero-order valence-electron chi connectivity index (χ0n) is 11.1. The van der Waals surface area contributed by atoms with Crippen LogP contribution in [0.2, 0.25) is 0 Å². The van der Waals surface area contributed by atoms with Crippen molar-refractivity contribution < 1.29 is 8.42 Å². The van der Waals surface area contributed by atoms with Gasteiger partial charge in [0.15, 0.2) is 0 Å². The number of anilines is 1. The highest BCUT2D eigenvalue weighted by molar-refractivity contribution is 7.89. The number of para-hydroxylation sites is 1. The van der Waals surface area contributed by atoms with Gasteiger partial charge in [0.2, 0.25) is 10.0 Å². The van der Waals surface area contributed by atoms with E-state index in [1.807, 2.05) is 6.07 Å². The Morgan fingerprint density at radius 2 is 2.05 bits per heavy atom. The van der Waals surface area contributed by atoms with Crippen molar-refractivity contribution in [2.24, 2.45) is 16.8 Å². The molecule has 1 aliphatic rings. The first-order valence-corrected chi connectivity index (χ1v) is 8.06. The fraction of sp³-hybridized carbons (Fsp3) is 0.538. The molecule has 5 nitrogen and oxygen atoms in total. The number of piperidine rings is 1. The third-order valence-corrected chi connectivity index (χ3v) is 4.69. The van der Waals surface area contributed by atoms with Gasteiger partial charge < -0.3 is 10.6 Å². The summed E-state index contributed by atoms with van der Waals surface area (Å²) in [6.45, 7) is 3.53. The van der Waals surface area contributed by atoms with E-state index in [1.165, 1.54) is 0 Å². The lowest BCUT2D eigenvalue weighted by Gasteiger charge is -2.40. The normalized spacial score (nSPS) is 24.5. The summed E-state index contributed by atoms with van der Waals surface area (Å²) in [6, 6.07) is 7.05. The highest BCUT2D eigenvalue weighted by Gasteiger charge is 2.28. The second-order valence-corrected chi connectivity index (χ2v) is 6.76. The Hall–Kier alpha value is -1.11. The topological polar surface area (TPSA) is 89.4 Å². The Morgan fingerprint density at radius 1 is 1.37 bits per heavy atom. The lowest BCUT2D eigenvalue weighted by molar-refractivity contribution is 0.365. The molecule has 0 aromatic heterocycles. The molecule has 0 amide bonds. The summed E-state index contributed by atoms with van der Waals surface area (Å²) in [6.07, 6.45) is 2.02. The summed E-state index contributed by atoms with van der Waals surface area (Å²) >= 11 is 0. The van der Waals surface area contributed by atoms with Gasteiger partial charge in [-0.3, -0.25) is 0 Å². The maximum absolute atomic E-state index is 11.7. The van der Waals surface area contributed by atoms with Gasteiger partial charge >= 0.3 is 0 Å². The van der Waals surface area contributed by atoms with Crippen LogP contribution in [0, 0.1) is 5.92 Å². The van der Waals surface area contributed by atoms with Crippen molar-refractivity contribution in [2.45, 2.75) is 30.7 Å². The van der Waals surface area contributed by atoms with Crippen molar-refractivity contribution in [1.82, 2.24) is 0 Å². The van der Waals surface area contributed by atoms with Crippen molar-refractivity contribution in [1.29, 1.82) is 0 Å². The Balaban J connectivity index is 2.41. The summed E-state index contributed by atoms with van der Waals surface area (Å²) in [5, 5.41) is 5.29. The van der Waals surface area contributed by atoms with E-state index in [4.69, 9.17) is 10.9 Å². The van der Waals surface area contributed by atoms with E-state index in [0.717, 1.165) is 19.4 Å². The predicted molar refractivity (Wildman–Crippen MR) is 76.4 cm³/mol. The van der Waals surface area contributed by atoms with Crippen LogP contribution in [0.1, 0.15) is 19.8 Å². The largest absolute Gasteiger partial charge is 0.366 e. The Bertz CT molecular complexity index is 545. The molecule has 4 N–H and O–H groups in total. The molecule has 2 rings (SSSR count). The second kappa shape index (κ2) is 5.48. The first-order chi connectivity index (χ1) is 8.93. The molecular formula is C13H21N3O2S. The van der Waals surface area contributed by atoms with Crippen LogP contribution in [0.15, 0.2) is 29.2 Å². The van der Waals surface area contributed by atoms with E-state index >= 15 is 0 Å². The third-order valence-electron chi connectivity index (χ3n) is 3.73. The molecule has 0 radical (unpaired) electrons. The predicted octanol–water partition coefficient (Wildman–Crippen LogP) is 0.898. The zero-order valence-corrected chi connectivity index (χ0v) is 11.9. The van der Waals surface area contributed by atoms with E-state index in [2.05, 4.69) is 11.8 Å². The monoisotopic (exact) mass is 283 g/mol. The highest BCUT2D eigenvalue weighted by atomic mass is 32.2. The van der Waals surface area contributed by atoms with Gasteiger partial charge in [-0.1, -0.05) is 19.1 Å². The SMILES string of the molecule is CC1CCN(c2ccccc2S(N)(=O)=O)C(CN)C1. The van der Waals surface area contributed by atoms with E-state index in [9.17, 15) is 8.42 Å². The molecule has 106 valence electrons. The first-order valence-electron chi connectivity index (χ1n) is 6.52. The molecule has 2 atom stereocenters. The average molecular weight is 283 g/mol. The maximum atomic E-state index is 11.7. The van der Waals surface area contributed by atoms with Crippen LogP contribution in [-0.4, -0.2) is 27.5 Å². The molecule has 1 heterocycles. The van der Waals surface area contributed by atoms with Gasteiger partial charge in [-0.25, -0.2) is 13.6 Å². The Morgan fingerprint density at radius 3 is 2.68 bits per heavy atom. The average Bonchev–Trinajstić information content (AvgIpc) is 2.37. The molecular weight excluding hydrogens is 262 g/mol. The molecule has 1 aliphatic heterocycles. The second-order valence-electron chi connectivity index (χ2n) is 5.23. The number of sulfonamides is 1. The van der Waals surface area contributed by atoms with E-state index in [0.29, 0.717) is 18.2 Å². The summed E-state index contributed by atoms with van der Waals surface area (Å²) < 4.78 is 23.4. The van der Waals surface area contributed by atoms with Crippen LogP contribution in [0.3, 0.4) is 0 Å². The van der Waals surface area contributed by atoms with Gasteiger partial charge in [0, 0.05) is 19.1 Å². The molecule has 0 bridgehead atoms. The van der Waals surface area contributed by atoms with Crippen LogP contribution < -0.4 is 15.8 Å². The lowest BCUT2D eigenvalue weighted by Crippen LogP contribution is -2.47. The van der Waals surface area contributed by atoms with Crippen molar-refractivity contribution >= 4 is 15.7 Å². The summed E-state index contributed by atoms with van der Waals surface area (Å²) in [7, 11) is -3.71. The van der Waals surface area contributed by atoms with Gasteiger partial charge in [0.1, 0.15) is 4.90 Å². The minimum atomic E-state index is -3.71. The first kappa shape index (κ1) is 14.3. The van der Waals surface area contributed by atoms with Gasteiger partial charge in [-0.2, -0.15) is 0 Å². The molecule has 0 saturated carbocycles. The van der Waals surface area contributed by atoms with E-state index in [1.54, 1.807) is 18.2 Å². The molecule has 0 aliphatic carbocycles. The molecule has 2 unspecified atom stereocenters. The minimum Gasteiger partial charge on any atom is -0.366 e. The number of primary sulfonamides is 1. The maximum Gasteiger partial charge on any atom is 0.240 e. The number of hydrogen-bond acceptors (Lipinski definition) is 4. The fourth-order valence-corrected chi connectivity index (χ4v) is 3.47. The molecule has 6 heteroatoms. The van der Waals surface area contributed by atoms with Crippen LogP contribution in [0.25, 0.3) is 0 Å². The number of nitrogens with zero attached hydrogens (tertiary/aromatic N) is 1. The van der Waals surface area contributed by atoms with Gasteiger partial charge in [0.05, 0.1) is 5.69 Å². The van der Waals surface area contributed by atoms with Crippen molar-refractivity contribution in [2.75, 3.05) is 18.0 Å². The van der Waals surface area contributed by atoms with Crippen LogP contribution >= 0.6 is 0 Å². The van der Waals surface area contributed by atoms with Crippen molar-refractivity contribution in [3.05, 3.63) is 24.3 Å². The molecule has 1 saturated heterocycles. The smallest absolute Gasteiger partial charge is 0.240 e. The Labute approximate surface area is 114 Å². The summed E-state index contributed by atoms with van der Waals surface area (Å²) in [4.78, 5) is 2.27. The van der Waals surface area contributed by atoms with Crippen LogP contribution in [0.4, 0.5) is 5.69 Å². The van der Waals surface area contributed by atoms with Gasteiger partial charge in [-0.15, -0.1) is 0 Å². The summed E-state index contributed by atoms with van der Waals surface area (Å²) in [5.74, 6) is 0.617. The molecule has 1 aromatic rings. The number of rotatable bonds is 3. The standard InChI is InChI=1S/C13H21N3O2S/c1-10-6-7-16(11(8-10)9-14)12-4-2-3-5-13(12)19(15,17)18/h2-5,10-11H,6-9,14H2,1H3,(H2,15,17,18). The molecule has 19 heavy (non-hydrogen) atoms. The zero-order chi connectivity index (χ0) is 14.0. The lowest BCUT2D eigenvalue weighted by atomic mass is 9.92. The molecule has 0 spiro atoms. The fourth-order valence-electron chi connectivity index (χ4n) is 2.73. The number of hydrogen-bond donors (Lipinski definition) is 2. The minimum absolute atomic E-state index is 0.173. The van der Waals surface area contributed by atoms with Crippen LogP contribution in [0.5, 0.6) is 0 Å². The summed E-state index contributed by atoms with van der Waals surface area (Å²) in [5.41, 5.74) is 6.50. The number of nitrogens with two attached hydrogens (primary N) is 2. The quantitative estimate of drug-likeness (QED) is 0.862. The van der Waals surface area contributed by atoms with Crippen LogP contribution in [-0.2, 0) is 10.0 Å². The molecule has 1 aromatic carbocycles. The number of benzene rings is 1. The van der Waals surface area contributed by atoms with Gasteiger partial charge in [-0.05, 0) is 30.9 Å². The highest BCUT2D eigenvalue weighted by Crippen LogP contribution is 2.31. The van der Waals surface area contributed by atoms with Crippen molar-refractivity contribution in [3.8, 4) is 0 Å². The molecule has 1 fully saturated rings. The van der Waals surface area contributed by atoms with Crippen molar-refractivity contribution in [3.63, 3.8) is 0 Å².